The van der Waals surface area contributed by atoms with E-state index in [2.05, 4.69) is 79.1 Å². The van der Waals surface area contributed by atoms with Gasteiger partial charge in [0.15, 0.2) is 11.3 Å². The molecule has 4 N–H and O–H groups in total. The first-order valence-electron chi connectivity index (χ1n) is 13.5. The molecule has 4 aromatic heterocycles. The molecule has 8 rings (SSSR count). The quantitative estimate of drug-likeness (QED) is 0.252. The summed E-state index contributed by atoms with van der Waals surface area (Å²) in [5.74, 6) is 1.98. The zero-order chi connectivity index (χ0) is 25.1. The van der Waals surface area contributed by atoms with Crippen molar-refractivity contribution in [3.05, 3.63) is 72.6 Å². The van der Waals surface area contributed by atoms with Crippen LogP contribution in [0.5, 0.6) is 0 Å². The van der Waals surface area contributed by atoms with Gasteiger partial charge in [-0.25, -0.2) is 19.9 Å². The molecule has 0 bridgehead atoms. The van der Waals surface area contributed by atoms with Crippen LogP contribution in [0.4, 0.5) is 0 Å². The lowest BCUT2D eigenvalue weighted by Gasteiger charge is -2.07. The van der Waals surface area contributed by atoms with Gasteiger partial charge in [-0.2, -0.15) is 0 Å². The molecule has 6 heterocycles. The van der Waals surface area contributed by atoms with E-state index in [-0.39, 0.29) is 0 Å². The molecule has 2 fully saturated rings. The number of hydrogen-bond donors (Lipinski definition) is 4. The van der Waals surface area contributed by atoms with E-state index in [1.807, 2.05) is 12.4 Å². The maximum absolute atomic E-state index is 4.71. The van der Waals surface area contributed by atoms with Crippen LogP contribution in [0.3, 0.4) is 0 Å². The van der Waals surface area contributed by atoms with Crippen molar-refractivity contribution in [3.8, 4) is 22.3 Å². The summed E-state index contributed by atoms with van der Waals surface area (Å²) in [7, 11) is 0. The third-order valence-corrected chi connectivity index (χ3v) is 8.00. The third kappa shape index (κ3) is 3.76. The van der Waals surface area contributed by atoms with Gasteiger partial charge in [0.05, 0.1) is 23.1 Å². The Morgan fingerprint density at radius 2 is 1.08 bits per heavy atom. The largest absolute Gasteiger partial charge is 0.339 e. The fourth-order valence-electron chi connectivity index (χ4n) is 5.92. The number of fused-ring (bicyclic) bond motifs is 3. The molecule has 0 radical (unpaired) electrons. The summed E-state index contributed by atoms with van der Waals surface area (Å²) >= 11 is 0. The van der Waals surface area contributed by atoms with E-state index in [4.69, 9.17) is 9.97 Å². The molecular formula is C30H28N8. The number of pyridine rings is 2. The monoisotopic (exact) mass is 500 g/mol. The highest BCUT2D eigenvalue weighted by Crippen LogP contribution is 2.31. The first-order chi connectivity index (χ1) is 18.8. The fourth-order valence-corrected chi connectivity index (χ4v) is 5.92. The van der Waals surface area contributed by atoms with Crippen molar-refractivity contribution in [1.29, 1.82) is 0 Å². The second kappa shape index (κ2) is 8.72. The van der Waals surface area contributed by atoms with E-state index >= 15 is 0 Å². The SMILES string of the molecule is c1cc2cc(-c3cnc4nc([C@@H]5CCCN5)[nH]c4c3)ccc2cc1-c1cnc2nc([C@@H]3CCCN3)[nH]c2c1. The van der Waals surface area contributed by atoms with Crippen molar-refractivity contribution in [2.45, 2.75) is 37.8 Å². The predicted octanol–water partition coefficient (Wildman–Crippen LogP) is 5.57. The Kier molecular flexibility index (Phi) is 5.02. The summed E-state index contributed by atoms with van der Waals surface area (Å²) in [4.78, 5) is 25.7. The molecule has 2 saturated heterocycles. The Morgan fingerprint density at radius 3 is 1.53 bits per heavy atom. The number of nitrogens with one attached hydrogen (secondary N) is 4. The lowest BCUT2D eigenvalue weighted by Crippen LogP contribution is -2.14. The van der Waals surface area contributed by atoms with Crippen molar-refractivity contribution < 1.29 is 0 Å². The van der Waals surface area contributed by atoms with Crippen LogP contribution in [-0.4, -0.2) is 43.0 Å². The molecular weight excluding hydrogens is 472 g/mol. The molecule has 0 amide bonds. The molecule has 8 nitrogen and oxygen atoms in total. The minimum atomic E-state index is 0.304. The van der Waals surface area contributed by atoms with Gasteiger partial charge in [-0.05, 0) is 84.9 Å². The van der Waals surface area contributed by atoms with Gasteiger partial charge in [-0.3, -0.25) is 0 Å². The lowest BCUT2D eigenvalue weighted by molar-refractivity contribution is 0.614. The molecule has 8 heteroatoms. The second-order valence-corrected chi connectivity index (χ2v) is 10.5. The normalized spacial score (nSPS) is 19.8. The smallest absolute Gasteiger partial charge is 0.177 e. The van der Waals surface area contributed by atoms with Crippen molar-refractivity contribution in [2.24, 2.45) is 0 Å². The first-order valence-corrected chi connectivity index (χ1v) is 13.5. The highest BCUT2D eigenvalue weighted by molar-refractivity contribution is 5.92. The number of aromatic nitrogens is 6. The Bertz CT molecular complexity index is 1670. The van der Waals surface area contributed by atoms with Crippen LogP contribution in [0, 0.1) is 0 Å². The van der Waals surface area contributed by atoms with Gasteiger partial charge in [-0.1, -0.05) is 24.3 Å². The summed E-state index contributed by atoms with van der Waals surface area (Å²) in [6.07, 6.45) is 8.45. The Balaban J connectivity index is 1.10. The van der Waals surface area contributed by atoms with Crippen LogP contribution < -0.4 is 10.6 Å². The summed E-state index contributed by atoms with van der Waals surface area (Å²) in [6, 6.07) is 18.1. The van der Waals surface area contributed by atoms with Crippen LogP contribution in [-0.2, 0) is 0 Å². The fraction of sp³-hybridized carbons (Fsp3) is 0.267. The second-order valence-electron chi connectivity index (χ2n) is 10.5. The number of nitrogens with zero attached hydrogens (tertiary/aromatic N) is 4. The first kappa shape index (κ1) is 21.9. The van der Waals surface area contributed by atoms with Crippen LogP contribution in [0.25, 0.3) is 55.4 Å². The van der Waals surface area contributed by atoms with E-state index in [0.717, 1.165) is 82.2 Å². The molecule has 2 aliphatic heterocycles. The highest BCUT2D eigenvalue weighted by Gasteiger charge is 2.21. The average molecular weight is 501 g/mol. The van der Waals surface area contributed by atoms with Gasteiger partial charge >= 0.3 is 0 Å². The van der Waals surface area contributed by atoms with E-state index in [9.17, 15) is 0 Å². The number of imidazole rings is 2. The number of H-pyrrole nitrogens is 2. The van der Waals surface area contributed by atoms with E-state index < -0.39 is 0 Å². The van der Waals surface area contributed by atoms with E-state index in [1.54, 1.807) is 0 Å². The third-order valence-electron chi connectivity index (χ3n) is 8.00. The van der Waals surface area contributed by atoms with Crippen molar-refractivity contribution >= 4 is 33.1 Å². The minimum Gasteiger partial charge on any atom is -0.339 e. The Hall–Kier alpha value is -4.14. The Labute approximate surface area is 219 Å². The van der Waals surface area contributed by atoms with Crippen LogP contribution in [0.1, 0.15) is 49.4 Å². The average Bonchev–Trinajstić information content (AvgIpc) is 3.77. The molecule has 0 saturated carbocycles. The zero-order valence-corrected chi connectivity index (χ0v) is 21.0. The van der Waals surface area contributed by atoms with E-state index in [1.165, 1.54) is 23.6 Å². The predicted molar refractivity (Wildman–Crippen MR) is 150 cm³/mol. The van der Waals surface area contributed by atoms with Crippen molar-refractivity contribution in [3.63, 3.8) is 0 Å². The van der Waals surface area contributed by atoms with Gasteiger partial charge in [0, 0.05) is 23.5 Å². The van der Waals surface area contributed by atoms with Gasteiger partial charge in [0.2, 0.25) is 0 Å². The molecule has 2 aromatic carbocycles. The molecule has 2 aliphatic rings. The number of hydrogen-bond acceptors (Lipinski definition) is 6. The lowest BCUT2D eigenvalue weighted by atomic mass is 9.99. The van der Waals surface area contributed by atoms with Crippen LogP contribution >= 0.6 is 0 Å². The van der Waals surface area contributed by atoms with Gasteiger partial charge in [-0.15, -0.1) is 0 Å². The molecule has 0 spiro atoms. The topological polar surface area (TPSA) is 107 Å². The Morgan fingerprint density at radius 1 is 0.579 bits per heavy atom. The molecule has 0 aliphatic carbocycles. The minimum absolute atomic E-state index is 0.304. The maximum atomic E-state index is 4.71. The van der Waals surface area contributed by atoms with Crippen molar-refractivity contribution in [2.75, 3.05) is 13.1 Å². The molecule has 188 valence electrons. The number of rotatable bonds is 4. The molecule has 38 heavy (non-hydrogen) atoms. The molecule has 0 unspecified atom stereocenters. The van der Waals surface area contributed by atoms with Crippen LogP contribution in [0.2, 0.25) is 0 Å². The number of benzene rings is 2. The zero-order valence-electron chi connectivity index (χ0n) is 21.0. The summed E-state index contributed by atoms with van der Waals surface area (Å²) in [5, 5.41) is 9.39. The standard InChI is InChI=1S/C30H28N8/c1-3-23(31-9-1)29-35-25-13-21(15-33-27(25)37-29)19-7-5-18-12-20(8-6-17(18)11-19)22-14-26-28(34-16-22)38-30(36-26)24-4-2-10-32-24/h5-8,11-16,23-24,31-32H,1-4,9-10H2,(H,33,35,37)(H,34,36,38)/t23-,24-/m0/s1. The van der Waals surface area contributed by atoms with E-state index in [0.29, 0.717) is 12.1 Å². The molecule has 6 aromatic rings. The summed E-state index contributed by atoms with van der Waals surface area (Å²) < 4.78 is 0. The van der Waals surface area contributed by atoms with Gasteiger partial charge < -0.3 is 20.6 Å². The van der Waals surface area contributed by atoms with Gasteiger partial charge in [0.1, 0.15) is 11.6 Å². The van der Waals surface area contributed by atoms with Crippen LogP contribution in [0.15, 0.2) is 60.9 Å². The summed E-state index contributed by atoms with van der Waals surface area (Å²) in [5.41, 5.74) is 7.96. The highest BCUT2D eigenvalue weighted by atomic mass is 15.1. The number of aromatic amines is 2. The van der Waals surface area contributed by atoms with Crippen molar-refractivity contribution in [1.82, 2.24) is 40.5 Å². The molecule has 2 atom stereocenters. The summed E-state index contributed by atoms with van der Waals surface area (Å²) in [6.45, 7) is 2.10. The van der Waals surface area contributed by atoms with Gasteiger partial charge in [0.25, 0.3) is 0 Å². The maximum Gasteiger partial charge on any atom is 0.177 e.